The molecule has 1 aromatic rings. The minimum atomic E-state index is -0.621. The molecule has 0 radical (unpaired) electrons. The largest absolute Gasteiger partial charge is 0.387 e. The summed E-state index contributed by atoms with van der Waals surface area (Å²) >= 11 is 0. The molecule has 0 aromatic heterocycles. The molecular formula is C15H22FNO. The van der Waals surface area contributed by atoms with Crippen molar-refractivity contribution in [1.29, 1.82) is 0 Å². The molecule has 1 aromatic carbocycles. The first-order valence-electron chi connectivity index (χ1n) is 6.90. The predicted octanol–water partition coefficient (Wildman–Crippen LogP) is 3.03. The summed E-state index contributed by atoms with van der Waals surface area (Å²) < 4.78 is 13.0. The molecule has 0 heterocycles. The van der Waals surface area contributed by atoms with Gasteiger partial charge in [-0.15, -0.1) is 0 Å². The lowest BCUT2D eigenvalue weighted by atomic mass is 9.89. The van der Waals surface area contributed by atoms with Gasteiger partial charge in [-0.05, 0) is 43.0 Å². The van der Waals surface area contributed by atoms with E-state index in [-0.39, 0.29) is 5.82 Å². The fraction of sp³-hybridized carbons (Fsp3) is 0.600. The van der Waals surface area contributed by atoms with Crippen LogP contribution in [-0.4, -0.2) is 18.2 Å². The van der Waals surface area contributed by atoms with Crippen LogP contribution in [0.1, 0.15) is 43.8 Å². The fourth-order valence-electron chi connectivity index (χ4n) is 2.65. The van der Waals surface area contributed by atoms with Crippen LogP contribution in [0.4, 0.5) is 4.39 Å². The van der Waals surface area contributed by atoms with Crippen molar-refractivity contribution in [3.63, 3.8) is 0 Å². The summed E-state index contributed by atoms with van der Waals surface area (Å²) in [7, 11) is 0. The second kappa shape index (κ2) is 6.86. The number of halogens is 1. The van der Waals surface area contributed by atoms with Crippen LogP contribution in [0.5, 0.6) is 0 Å². The molecule has 3 heteroatoms. The smallest absolute Gasteiger partial charge is 0.123 e. The highest BCUT2D eigenvalue weighted by Gasteiger charge is 2.14. The zero-order valence-electron chi connectivity index (χ0n) is 10.7. The number of aliphatic hydroxyl groups excluding tert-OH is 1. The van der Waals surface area contributed by atoms with Crippen molar-refractivity contribution in [3.05, 3.63) is 35.6 Å². The van der Waals surface area contributed by atoms with E-state index in [2.05, 4.69) is 5.32 Å². The Morgan fingerprint density at radius 2 is 2.06 bits per heavy atom. The topological polar surface area (TPSA) is 32.3 Å². The SMILES string of the molecule is OC(CNCC1CCCCC1)c1cccc(F)c1. The first-order chi connectivity index (χ1) is 8.75. The van der Waals surface area contributed by atoms with Crippen LogP contribution in [0.3, 0.4) is 0 Å². The van der Waals surface area contributed by atoms with Gasteiger partial charge in [-0.1, -0.05) is 31.4 Å². The maximum atomic E-state index is 13.0. The van der Waals surface area contributed by atoms with Crippen molar-refractivity contribution >= 4 is 0 Å². The molecule has 0 bridgehead atoms. The summed E-state index contributed by atoms with van der Waals surface area (Å²) in [6.07, 6.45) is 6.00. The van der Waals surface area contributed by atoms with Gasteiger partial charge in [0.2, 0.25) is 0 Å². The maximum Gasteiger partial charge on any atom is 0.123 e. The van der Waals surface area contributed by atoms with Gasteiger partial charge in [-0.3, -0.25) is 0 Å². The molecule has 1 atom stereocenters. The zero-order valence-corrected chi connectivity index (χ0v) is 10.7. The van der Waals surface area contributed by atoms with E-state index < -0.39 is 6.10 Å². The van der Waals surface area contributed by atoms with Crippen molar-refractivity contribution in [1.82, 2.24) is 5.32 Å². The average Bonchev–Trinajstić information content (AvgIpc) is 2.40. The third-order valence-corrected chi connectivity index (χ3v) is 3.73. The molecule has 1 fully saturated rings. The van der Waals surface area contributed by atoms with Crippen molar-refractivity contribution < 1.29 is 9.50 Å². The lowest BCUT2D eigenvalue weighted by Crippen LogP contribution is -2.28. The predicted molar refractivity (Wildman–Crippen MR) is 70.8 cm³/mol. The third-order valence-electron chi connectivity index (χ3n) is 3.73. The van der Waals surface area contributed by atoms with Gasteiger partial charge >= 0.3 is 0 Å². The standard InChI is InChI=1S/C15H22FNO/c16-14-8-4-7-13(9-14)15(18)11-17-10-12-5-2-1-3-6-12/h4,7-9,12,15,17-18H,1-3,5-6,10-11H2. The van der Waals surface area contributed by atoms with E-state index in [9.17, 15) is 9.50 Å². The lowest BCUT2D eigenvalue weighted by Gasteiger charge is -2.22. The number of nitrogens with one attached hydrogen (secondary N) is 1. The van der Waals surface area contributed by atoms with Crippen LogP contribution in [0.25, 0.3) is 0 Å². The molecule has 1 aliphatic carbocycles. The van der Waals surface area contributed by atoms with Gasteiger partial charge in [0.05, 0.1) is 6.10 Å². The second-order valence-electron chi connectivity index (χ2n) is 5.23. The fourth-order valence-corrected chi connectivity index (χ4v) is 2.65. The first kappa shape index (κ1) is 13.5. The van der Waals surface area contributed by atoms with Gasteiger partial charge in [-0.25, -0.2) is 4.39 Å². The monoisotopic (exact) mass is 251 g/mol. The minimum absolute atomic E-state index is 0.293. The van der Waals surface area contributed by atoms with E-state index in [1.54, 1.807) is 12.1 Å². The summed E-state index contributed by atoms with van der Waals surface area (Å²) in [6, 6.07) is 6.18. The molecule has 0 saturated heterocycles. The number of hydrogen-bond acceptors (Lipinski definition) is 2. The first-order valence-corrected chi connectivity index (χ1v) is 6.90. The molecule has 2 N–H and O–H groups in total. The Balaban J connectivity index is 1.72. The average molecular weight is 251 g/mol. The van der Waals surface area contributed by atoms with Crippen molar-refractivity contribution in [2.75, 3.05) is 13.1 Å². The Bertz CT molecular complexity index is 363. The van der Waals surface area contributed by atoms with Crippen LogP contribution >= 0.6 is 0 Å². The highest BCUT2D eigenvalue weighted by molar-refractivity contribution is 5.18. The second-order valence-corrected chi connectivity index (χ2v) is 5.23. The zero-order chi connectivity index (χ0) is 12.8. The highest BCUT2D eigenvalue weighted by atomic mass is 19.1. The van der Waals surface area contributed by atoms with Gasteiger partial charge in [0.1, 0.15) is 5.82 Å². The van der Waals surface area contributed by atoms with E-state index >= 15 is 0 Å². The van der Waals surface area contributed by atoms with Crippen molar-refractivity contribution in [3.8, 4) is 0 Å². The molecule has 0 spiro atoms. The van der Waals surface area contributed by atoms with Gasteiger partial charge < -0.3 is 10.4 Å². The van der Waals surface area contributed by atoms with E-state index in [1.165, 1.54) is 44.2 Å². The highest BCUT2D eigenvalue weighted by Crippen LogP contribution is 2.23. The quantitative estimate of drug-likeness (QED) is 0.843. The lowest BCUT2D eigenvalue weighted by molar-refractivity contribution is 0.170. The van der Waals surface area contributed by atoms with E-state index in [0.29, 0.717) is 12.1 Å². The minimum Gasteiger partial charge on any atom is -0.387 e. The summed E-state index contributed by atoms with van der Waals surface area (Å²) in [4.78, 5) is 0. The Morgan fingerprint density at radius 3 is 2.78 bits per heavy atom. The van der Waals surface area contributed by atoms with Gasteiger partial charge in [0, 0.05) is 6.54 Å². The molecule has 1 unspecified atom stereocenters. The molecule has 1 saturated carbocycles. The normalized spacial score (nSPS) is 18.8. The van der Waals surface area contributed by atoms with Crippen LogP contribution in [0.15, 0.2) is 24.3 Å². The Kier molecular flexibility index (Phi) is 5.14. The molecule has 0 aliphatic heterocycles. The summed E-state index contributed by atoms with van der Waals surface area (Å²) in [6.45, 7) is 1.46. The van der Waals surface area contributed by atoms with E-state index in [4.69, 9.17) is 0 Å². The van der Waals surface area contributed by atoms with Crippen LogP contribution in [-0.2, 0) is 0 Å². The third kappa shape index (κ3) is 4.07. The van der Waals surface area contributed by atoms with Crippen LogP contribution in [0, 0.1) is 11.7 Å². The van der Waals surface area contributed by atoms with Gasteiger partial charge in [-0.2, -0.15) is 0 Å². The Morgan fingerprint density at radius 1 is 1.28 bits per heavy atom. The van der Waals surface area contributed by atoms with E-state index in [1.807, 2.05) is 0 Å². The van der Waals surface area contributed by atoms with E-state index in [0.717, 1.165) is 12.5 Å². The summed E-state index contributed by atoms with van der Waals surface area (Å²) in [5.41, 5.74) is 0.645. The van der Waals surface area contributed by atoms with Crippen LogP contribution in [0.2, 0.25) is 0 Å². The number of benzene rings is 1. The van der Waals surface area contributed by atoms with Gasteiger partial charge in [0.15, 0.2) is 0 Å². The summed E-state index contributed by atoms with van der Waals surface area (Å²) in [5, 5.41) is 13.2. The molecule has 2 rings (SSSR count). The molecular weight excluding hydrogens is 229 g/mol. The molecule has 2 nitrogen and oxygen atoms in total. The maximum absolute atomic E-state index is 13.0. The number of aliphatic hydroxyl groups is 1. The summed E-state index contributed by atoms with van der Waals surface area (Å²) in [5.74, 6) is 0.456. The molecule has 1 aliphatic rings. The number of hydrogen-bond donors (Lipinski definition) is 2. The number of rotatable bonds is 5. The van der Waals surface area contributed by atoms with Gasteiger partial charge in [0.25, 0.3) is 0 Å². The Hall–Kier alpha value is -0.930. The molecule has 18 heavy (non-hydrogen) atoms. The van der Waals surface area contributed by atoms with Crippen molar-refractivity contribution in [2.45, 2.75) is 38.2 Å². The molecule has 100 valence electrons. The van der Waals surface area contributed by atoms with Crippen LogP contribution < -0.4 is 5.32 Å². The Labute approximate surface area is 108 Å². The molecule has 0 amide bonds. The van der Waals surface area contributed by atoms with Crippen molar-refractivity contribution in [2.24, 2.45) is 5.92 Å².